The molecule has 0 saturated heterocycles. The second-order valence-corrected chi connectivity index (χ2v) is 5.10. The first-order valence-corrected chi connectivity index (χ1v) is 5.34. The quantitative estimate of drug-likeness (QED) is 0.499. The molecule has 2 heteroatoms. The molecule has 3 aliphatic carbocycles. The summed E-state index contributed by atoms with van der Waals surface area (Å²) in [7, 11) is 0. The molecule has 0 heterocycles. The average molecular weight is 194 g/mol. The Morgan fingerprint density at radius 2 is 2.36 bits per heavy atom. The van der Waals surface area contributed by atoms with Crippen LogP contribution < -0.4 is 0 Å². The lowest BCUT2D eigenvalue weighted by Gasteiger charge is -2.56. The molecule has 0 aromatic carbocycles. The maximum atomic E-state index is 10.7. The van der Waals surface area contributed by atoms with Gasteiger partial charge in [-0.2, -0.15) is 0 Å². The molecule has 0 unspecified atom stereocenters. The summed E-state index contributed by atoms with van der Waals surface area (Å²) in [6.45, 7) is 6.63. The Morgan fingerprint density at radius 3 is 2.86 bits per heavy atom. The molecule has 0 spiro atoms. The Hall–Kier alpha value is -0.790. The third-order valence-electron chi connectivity index (χ3n) is 4.02. The van der Waals surface area contributed by atoms with E-state index in [1.165, 1.54) is 25.3 Å². The Balaban J connectivity index is 2.00. The maximum absolute atomic E-state index is 10.7. The van der Waals surface area contributed by atoms with Crippen LogP contribution in [-0.4, -0.2) is 12.6 Å². The molecular formula is C12H18O2. The van der Waals surface area contributed by atoms with Gasteiger partial charge in [-0.05, 0) is 35.7 Å². The SMILES string of the molecule is CC(=O)OCC1=CC[C@H]2C[C@@H]1C2(C)C. The van der Waals surface area contributed by atoms with Crippen LogP contribution in [0.4, 0.5) is 0 Å². The lowest BCUT2D eigenvalue weighted by Crippen LogP contribution is -2.48. The largest absolute Gasteiger partial charge is 0.461 e. The molecule has 0 aromatic rings. The molecule has 1 fully saturated rings. The van der Waals surface area contributed by atoms with E-state index in [4.69, 9.17) is 4.74 Å². The van der Waals surface area contributed by atoms with E-state index in [1.54, 1.807) is 0 Å². The van der Waals surface area contributed by atoms with Gasteiger partial charge >= 0.3 is 5.97 Å². The lowest BCUT2D eigenvalue weighted by molar-refractivity contribution is -0.140. The van der Waals surface area contributed by atoms with Crippen molar-refractivity contribution in [1.82, 2.24) is 0 Å². The van der Waals surface area contributed by atoms with Gasteiger partial charge in [-0.25, -0.2) is 0 Å². The van der Waals surface area contributed by atoms with Crippen LogP contribution in [0.1, 0.15) is 33.6 Å². The third kappa shape index (κ3) is 1.37. The van der Waals surface area contributed by atoms with Crippen LogP contribution in [0, 0.1) is 17.3 Å². The van der Waals surface area contributed by atoms with Crippen LogP contribution >= 0.6 is 0 Å². The van der Waals surface area contributed by atoms with Gasteiger partial charge in [0.1, 0.15) is 6.61 Å². The van der Waals surface area contributed by atoms with E-state index in [9.17, 15) is 4.79 Å². The van der Waals surface area contributed by atoms with Crippen molar-refractivity contribution in [3.8, 4) is 0 Å². The van der Waals surface area contributed by atoms with Crippen molar-refractivity contribution in [3.05, 3.63) is 11.6 Å². The number of carbonyl (C=O) groups excluding carboxylic acids is 1. The van der Waals surface area contributed by atoms with E-state index in [0.717, 1.165) is 5.92 Å². The second kappa shape index (κ2) is 3.11. The van der Waals surface area contributed by atoms with Crippen LogP contribution in [0.25, 0.3) is 0 Å². The highest BCUT2D eigenvalue weighted by Crippen LogP contribution is 2.59. The molecule has 2 bridgehead atoms. The van der Waals surface area contributed by atoms with Gasteiger partial charge in [0.05, 0.1) is 0 Å². The smallest absolute Gasteiger partial charge is 0.302 e. The molecule has 2 nitrogen and oxygen atoms in total. The molecule has 0 radical (unpaired) electrons. The molecule has 3 rings (SSSR count). The van der Waals surface area contributed by atoms with E-state index < -0.39 is 0 Å². The van der Waals surface area contributed by atoms with E-state index in [1.807, 2.05) is 0 Å². The monoisotopic (exact) mass is 194 g/mol. The average Bonchev–Trinajstić information content (AvgIpc) is 2.14. The number of hydrogen-bond donors (Lipinski definition) is 0. The van der Waals surface area contributed by atoms with Gasteiger partial charge < -0.3 is 4.74 Å². The van der Waals surface area contributed by atoms with Gasteiger partial charge in [-0.15, -0.1) is 0 Å². The van der Waals surface area contributed by atoms with Crippen molar-refractivity contribution in [2.24, 2.45) is 17.3 Å². The summed E-state index contributed by atoms with van der Waals surface area (Å²) in [6.07, 6.45) is 4.73. The Labute approximate surface area is 85.3 Å². The fourth-order valence-corrected chi connectivity index (χ4v) is 2.83. The summed E-state index contributed by atoms with van der Waals surface area (Å²) in [5.41, 5.74) is 1.78. The number of carbonyl (C=O) groups is 1. The van der Waals surface area contributed by atoms with Crippen LogP contribution in [0.5, 0.6) is 0 Å². The Bertz CT molecular complexity index is 289. The van der Waals surface area contributed by atoms with Crippen molar-refractivity contribution >= 4 is 5.97 Å². The van der Waals surface area contributed by atoms with E-state index in [-0.39, 0.29) is 5.97 Å². The van der Waals surface area contributed by atoms with E-state index in [2.05, 4.69) is 19.9 Å². The van der Waals surface area contributed by atoms with Gasteiger partial charge in [0.2, 0.25) is 0 Å². The Kier molecular flexibility index (Phi) is 2.17. The van der Waals surface area contributed by atoms with Gasteiger partial charge in [0.15, 0.2) is 0 Å². The highest BCUT2D eigenvalue weighted by molar-refractivity contribution is 5.66. The van der Waals surface area contributed by atoms with Gasteiger partial charge in [-0.3, -0.25) is 4.79 Å². The summed E-state index contributed by atoms with van der Waals surface area (Å²) < 4.78 is 5.06. The molecule has 78 valence electrons. The molecule has 0 N–H and O–H groups in total. The topological polar surface area (TPSA) is 26.3 Å². The van der Waals surface area contributed by atoms with Crippen molar-refractivity contribution in [2.45, 2.75) is 33.6 Å². The molecule has 0 aliphatic heterocycles. The molecule has 1 saturated carbocycles. The minimum Gasteiger partial charge on any atom is -0.461 e. The standard InChI is InChI=1S/C12H18O2/c1-8(13)14-7-9-4-5-10-6-11(9)12(10,2)3/h4,10-11H,5-7H2,1-3H3/t10-,11-/m0/s1. The molecule has 3 aliphatic rings. The van der Waals surface area contributed by atoms with Gasteiger partial charge in [0.25, 0.3) is 0 Å². The number of ether oxygens (including phenoxy) is 1. The summed E-state index contributed by atoms with van der Waals surface area (Å²) in [4.78, 5) is 10.7. The zero-order valence-electron chi connectivity index (χ0n) is 9.17. The second-order valence-electron chi connectivity index (χ2n) is 5.10. The normalized spacial score (nSPS) is 32.9. The fourth-order valence-electron chi connectivity index (χ4n) is 2.83. The summed E-state index contributed by atoms with van der Waals surface area (Å²) in [5.74, 6) is 1.33. The van der Waals surface area contributed by atoms with Crippen molar-refractivity contribution < 1.29 is 9.53 Å². The molecule has 0 amide bonds. The third-order valence-corrected chi connectivity index (χ3v) is 4.02. The van der Waals surface area contributed by atoms with Crippen molar-refractivity contribution in [1.29, 1.82) is 0 Å². The molecular weight excluding hydrogens is 176 g/mol. The highest BCUT2D eigenvalue weighted by Gasteiger charge is 2.51. The molecule has 14 heavy (non-hydrogen) atoms. The first-order valence-electron chi connectivity index (χ1n) is 5.34. The summed E-state index contributed by atoms with van der Waals surface area (Å²) in [6, 6.07) is 0. The number of rotatable bonds is 2. The van der Waals surface area contributed by atoms with Gasteiger partial charge in [0, 0.05) is 6.92 Å². The number of fused-ring (bicyclic) bond motifs is 1. The van der Waals surface area contributed by atoms with Crippen LogP contribution in [0.3, 0.4) is 0 Å². The minimum atomic E-state index is -0.176. The minimum absolute atomic E-state index is 0.176. The van der Waals surface area contributed by atoms with Crippen LogP contribution in [-0.2, 0) is 9.53 Å². The number of esters is 1. The van der Waals surface area contributed by atoms with Crippen LogP contribution in [0.15, 0.2) is 11.6 Å². The predicted molar refractivity (Wildman–Crippen MR) is 54.7 cm³/mol. The van der Waals surface area contributed by atoms with Crippen molar-refractivity contribution in [2.75, 3.05) is 6.61 Å². The maximum Gasteiger partial charge on any atom is 0.302 e. The first kappa shape index (κ1) is 9.75. The molecule has 2 atom stereocenters. The number of allylic oxidation sites excluding steroid dienone is 1. The first-order chi connectivity index (χ1) is 6.51. The van der Waals surface area contributed by atoms with Gasteiger partial charge in [-0.1, -0.05) is 19.9 Å². The zero-order valence-corrected chi connectivity index (χ0v) is 9.17. The number of hydrogen-bond acceptors (Lipinski definition) is 2. The summed E-state index contributed by atoms with van der Waals surface area (Å²) in [5, 5.41) is 0. The Morgan fingerprint density at radius 1 is 1.64 bits per heavy atom. The van der Waals surface area contributed by atoms with Crippen LogP contribution in [0.2, 0.25) is 0 Å². The molecule has 0 aromatic heterocycles. The lowest BCUT2D eigenvalue weighted by atomic mass is 9.49. The van der Waals surface area contributed by atoms with E-state index >= 15 is 0 Å². The highest BCUT2D eigenvalue weighted by atomic mass is 16.5. The van der Waals surface area contributed by atoms with Crippen molar-refractivity contribution in [3.63, 3.8) is 0 Å². The fraction of sp³-hybridized carbons (Fsp3) is 0.750. The zero-order chi connectivity index (χ0) is 10.3. The predicted octanol–water partition coefficient (Wildman–Crippen LogP) is 2.54. The summed E-state index contributed by atoms with van der Waals surface area (Å²) >= 11 is 0. The van der Waals surface area contributed by atoms with E-state index in [0.29, 0.717) is 17.9 Å².